The molecule has 0 bridgehead atoms. The fraction of sp³-hybridized carbons (Fsp3) is 0.889. The molecule has 0 spiro atoms. The van der Waals surface area contributed by atoms with Crippen molar-refractivity contribution in [3.05, 3.63) is 0 Å². The van der Waals surface area contributed by atoms with E-state index in [0.717, 1.165) is 6.42 Å². The van der Waals surface area contributed by atoms with Crippen LogP contribution in [0.15, 0.2) is 0 Å². The number of amides is 1. The first-order valence-electron chi connectivity index (χ1n) is 3.92. The molecular weight excluding hydrogens is 138 g/mol. The maximum Gasteiger partial charge on any atom is 0.228 e. The zero-order valence-corrected chi connectivity index (χ0v) is 8.14. The molecule has 0 aromatic rings. The van der Waals surface area contributed by atoms with E-state index in [4.69, 9.17) is 0 Å². The number of hydrogen-bond acceptors (Lipinski definition) is 1. The van der Waals surface area contributed by atoms with Gasteiger partial charge in [-0.05, 0) is 25.7 Å². The average Bonchev–Trinajstić information content (AvgIpc) is 1.55. The van der Waals surface area contributed by atoms with Crippen molar-refractivity contribution in [2.75, 3.05) is 0 Å². The molecule has 0 N–H and O–H groups in total. The van der Waals surface area contributed by atoms with Crippen molar-refractivity contribution >= 4 is 6.41 Å². The van der Waals surface area contributed by atoms with Crippen molar-refractivity contribution in [1.29, 1.82) is 0 Å². The van der Waals surface area contributed by atoms with E-state index in [1.165, 1.54) is 0 Å². The maximum absolute atomic E-state index is 10.1. The minimum Gasteiger partial charge on any atom is -0.277 e. The molecule has 2 heteroatoms. The van der Waals surface area contributed by atoms with Crippen molar-refractivity contribution in [2.45, 2.75) is 46.6 Å². The van der Waals surface area contributed by atoms with Crippen molar-refractivity contribution in [1.82, 2.24) is 5.32 Å². The van der Waals surface area contributed by atoms with Crippen LogP contribution < -0.4 is 5.32 Å². The second kappa shape index (κ2) is 3.24. The Morgan fingerprint density at radius 1 is 1.18 bits per heavy atom. The van der Waals surface area contributed by atoms with Crippen molar-refractivity contribution in [2.24, 2.45) is 5.41 Å². The maximum atomic E-state index is 10.1. The fourth-order valence-corrected chi connectivity index (χ4v) is 1.49. The second-order valence-electron chi connectivity index (χ2n) is 4.78. The first-order chi connectivity index (χ1) is 4.77. The number of carbonyl (C=O) groups is 1. The molecule has 0 heterocycles. The van der Waals surface area contributed by atoms with Gasteiger partial charge in [-0.3, -0.25) is 4.79 Å². The quantitative estimate of drug-likeness (QED) is 0.575. The Morgan fingerprint density at radius 3 is 1.91 bits per heavy atom. The Balaban J connectivity index is 4.00. The number of rotatable bonds is 3. The third kappa shape index (κ3) is 5.89. The Morgan fingerprint density at radius 2 is 1.64 bits per heavy atom. The second-order valence-corrected chi connectivity index (χ2v) is 4.78. The van der Waals surface area contributed by atoms with E-state index in [2.05, 4.69) is 26.1 Å². The highest BCUT2D eigenvalue weighted by atomic mass is 16.1. The molecule has 1 radical (unpaired) electrons. The lowest BCUT2D eigenvalue weighted by molar-refractivity contribution is -0.111. The lowest BCUT2D eigenvalue weighted by atomic mass is 9.82. The average molecular weight is 156 g/mol. The summed E-state index contributed by atoms with van der Waals surface area (Å²) < 4.78 is 0. The lowest BCUT2D eigenvalue weighted by Crippen LogP contribution is -2.36. The largest absolute Gasteiger partial charge is 0.277 e. The van der Waals surface area contributed by atoms with Crippen LogP contribution in [0.2, 0.25) is 0 Å². The molecule has 11 heavy (non-hydrogen) atoms. The van der Waals surface area contributed by atoms with E-state index < -0.39 is 0 Å². The molecule has 65 valence electrons. The van der Waals surface area contributed by atoms with Crippen molar-refractivity contribution < 1.29 is 4.79 Å². The van der Waals surface area contributed by atoms with E-state index in [0.29, 0.717) is 6.41 Å². The zero-order valence-electron chi connectivity index (χ0n) is 8.14. The van der Waals surface area contributed by atoms with Gasteiger partial charge in [-0.1, -0.05) is 20.8 Å². The minimum atomic E-state index is -0.208. The third-order valence-electron chi connectivity index (χ3n) is 1.37. The van der Waals surface area contributed by atoms with Gasteiger partial charge in [0.2, 0.25) is 6.41 Å². The lowest BCUT2D eigenvalue weighted by Gasteiger charge is -2.29. The summed E-state index contributed by atoms with van der Waals surface area (Å²) in [4.78, 5) is 10.1. The summed E-state index contributed by atoms with van der Waals surface area (Å²) in [5.41, 5.74) is 0.0238. The highest BCUT2D eigenvalue weighted by Crippen LogP contribution is 2.26. The van der Waals surface area contributed by atoms with Crippen molar-refractivity contribution in [3.8, 4) is 0 Å². The molecular formula is C9H18NO. The van der Waals surface area contributed by atoms with Gasteiger partial charge in [0.15, 0.2) is 0 Å². The monoisotopic (exact) mass is 156 g/mol. The molecule has 0 rings (SSSR count). The molecule has 2 nitrogen and oxygen atoms in total. The van der Waals surface area contributed by atoms with Crippen LogP contribution in [-0.4, -0.2) is 11.9 Å². The summed E-state index contributed by atoms with van der Waals surface area (Å²) in [6, 6.07) is 0. The Bertz CT molecular complexity index is 133. The molecule has 0 saturated heterocycles. The Kier molecular flexibility index (Phi) is 3.09. The third-order valence-corrected chi connectivity index (χ3v) is 1.37. The predicted molar refractivity (Wildman–Crippen MR) is 46.3 cm³/mol. The zero-order chi connectivity index (χ0) is 9.12. The van der Waals surface area contributed by atoms with Crippen LogP contribution in [-0.2, 0) is 4.79 Å². The molecule has 0 aliphatic heterocycles. The number of hydrogen-bond donors (Lipinski definition) is 0. The SMILES string of the molecule is CC(C)(C)CC(C)(C)[N]C=O. The standard InChI is InChI=1S/C9H18NO/c1-8(2,3)6-9(4,5)10-7-11/h7H,6H2,1-5H3. The van der Waals surface area contributed by atoms with Gasteiger partial charge in [0.25, 0.3) is 0 Å². The van der Waals surface area contributed by atoms with E-state index in [9.17, 15) is 4.79 Å². The van der Waals surface area contributed by atoms with Crippen LogP contribution >= 0.6 is 0 Å². The van der Waals surface area contributed by atoms with Crippen molar-refractivity contribution in [3.63, 3.8) is 0 Å². The number of nitrogens with zero attached hydrogens (tertiary/aromatic N) is 1. The molecule has 0 fully saturated rings. The minimum absolute atomic E-state index is 0.208. The molecule has 0 saturated carbocycles. The van der Waals surface area contributed by atoms with Gasteiger partial charge in [-0.2, -0.15) is 0 Å². The van der Waals surface area contributed by atoms with Crippen LogP contribution in [0.4, 0.5) is 0 Å². The van der Waals surface area contributed by atoms with E-state index in [-0.39, 0.29) is 11.0 Å². The van der Waals surface area contributed by atoms with Crippen LogP contribution in [0.25, 0.3) is 0 Å². The normalized spacial score (nSPS) is 12.8. The van der Waals surface area contributed by atoms with Crippen LogP contribution in [0.1, 0.15) is 41.0 Å². The first-order valence-corrected chi connectivity index (χ1v) is 3.92. The van der Waals surface area contributed by atoms with E-state index in [1.807, 2.05) is 13.8 Å². The summed E-state index contributed by atoms with van der Waals surface area (Å²) >= 11 is 0. The smallest absolute Gasteiger partial charge is 0.228 e. The van der Waals surface area contributed by atoms with Gasteiger partial charge in [0.1, 0.15) is 0 Å². The van der Waals surface area contributed by atoms with Gasteiger partial charge in [0, 0.05) is 0 Å². The van der Waals surface area contributed by atoms with Crippen LogP contribution in [0, 0.1) is 5.41 Å². The highest BCUT2D eigenvalue weighted by Gasteiger charge is 2.25. The van der Waals surface area contributed by atoms with Gasteiger partial charge >= 0.3 is 0 Å². The number of carbonyl (C=O) groups excluding carboxylic acids is 1. The van der Waals surface area contributed by atoms with Gasteiger partial charge < -0.3 is 0 Å². The summed E-state index contributed by atoms with van der Waals surface area (Å²) in [6.07, 6.45) is 1.57. The molecule has 0 aromatic heterocycles. The van der Waals surface area contributed by atoms with Gasteiger partial charge in [-0.15, -0.1) is 0 Å². The molecule has 1 amide bonds. The van der Waals surface area contributed by atoms with Gasteiger partial charge in [-0.25, -0.2) is 5.32 Å². The molecule has 0 atom stereocenters. The van der Waals surface area contributed by atoms with E-state index in [1.54, 1.807) is 0 Å². The van der Waals surface area contributed by atoms with Crippen LogP contribution in [0.3, 0.4) is 0 Å². The predicted octanol–water partition coefficient (Wildman–Crippen LogP) is 1.96. The Hall–Kier alpha value is -0.530. The summed E-state index contributed by atoms with van der Waals surface area (Å²) in [5, 5.41) is 3.86. The summed E-state index contributed by atoms with van der Waals surface area (Å²) in [6.45, 7) is 10.4. The summed E-state index contributed by atoms with van der Waals surface area (Å²) in [5.74, 6) is 0. The van der Waals surface area contributed by atoms with Crippen LogP contribution in [0.5, 0.6) is 0 Å². The Labute approximate surface area is 69.4 Å². The molecule has 0 aromatic carbocycles. The molecule has 0 unspecified atom stereocenters. The molecule has 0 aliphatic rings. The van der Waals surface area contributed by atoms with E-state index >= 15 is 0 Å². The highest BCUT2D eigenvalue weighted by molar-refractivity contribution is 5.47. The topological polar surface area (TPSA) is 31.2 Å². The fourth-order valence-electron chi connectivity index (χ4n) is 1.49. The first kappa shape index (κ1) is 10.5. The summed E-state index contributed by atoms with van der Waals surface area (Å²) in [7, 11) is 0. The molecule has 0 aliphatic carbocycles. The van der Waals surface area contributed by atoms with Gasteiger partial charge in [0.05, 0.1) is 5.54 Å².